The van der Waals surface area contributed by atoms with Gasteiger partial charge in [-0.15, -0.1) is 0 Å². The number of nitrogens with zero attached hydrogens (tertiary/aromatic N) is 2. The molecule has 1 amide bonds. The molecular weight excluding hydrogens is 256 g/mol. The number of carboxylic acids is 1. The fraction of sp³-hybridized carbons (Fsp3) is 0.200. The minimum absolute atomic E-state index is 0.0983. The van der Waals surface area contributed by atoms with E-state index in [9.17, 15) is 9.59 Å². The van der Waals surface area contributed by atoms with E-state index in [2.05, 4.69) is 0 Å². The van der Waals surface area contributed by atoms with E-state index in [0.717, 1.165) is 12.0 Å². The van der Waals surface area contributed by atoms with E-state index >= 15 is 0 Å². The van der Waals surface area contributed by atoms with Crippen LogP contribution in [0.5, 0.6) is 0 Å². The normalized spacial score (nSPS) is 13.3. The molecule has 0 fully saturated rings. The third-order valence-corrected chi connectivity index (χ3v) is 3.64. The summed E-state index contributed by atoms with van der Waals surface area (Å²) in [4.78, 5) is 25.2. The number of rotatable bonds is 2. The number of carbonyl (C=O) groups is 2. The number of aromatic nitrogens is 1. The fourth-order valence-corrected chi connectivity index (χ4v) is 2.54. The maximum atomic E-state index is 12.5. The van der Waals surface area contributed by atoms with Crippen molar-refractivity contribution in [3.05, 3.63) is 53.3 Å². The molecule has 1 aliphatic rings. The molecule has 2 aromatic rings. The number of carbonyl (C=O) groups excluding carboxylic acids is 1. The van der Waals surface area contributed by atoms with Gasteiger partial charge in [0.2, 0.25) is 0 Å². The lowest BCUT2D eigenvalue weighted by Gasteiger charge is -2.18. The summed E-state index contributed by atoms with van der Waals surface area (Å²) in [6.07, 6.45) is 2.57. The summed E-state index contributed by atoms with van der Waals surface area (Å²) >= 11 is 0. The molecule has 0 aliphatic carbocycles. The highest BCUT2D eigenvalue weighted by Gasteiger charge is 2.27. The Balaban J connectivity index is 2.00. The third-order valence-electron chi connectivity index (χ3n) is 3.64. The van der Waals surface area contributed by atoms with Crippen LogP contribution in [0.2, 0.25) is 0 Å². The van der Waals surface area contributed by atoms with Gasteiger partial charge >= 0.3 is 5.97 Å². The first-order chi connectivity index (χ1) is 9.58. The van der Waals surface area contributed by atoms with Crippen LogP contribution >= 0.6 is 0 Å². The van der Waals surface area contributed by atoms with Gasteiger partial charge in [-0.1, -0.05) is 6.07 Å². The van der Waals surface area contributed by atoms with E-state index in [-0.39, 0.29) is 11.5 Å². The van der Waals surface area contributed by atoms with Crippen molar-refractivity contribution < 1.29 is 14.7 Å². The number of aromatic carboxylic acids is 1. The standard InChI is InChI=1S/C15H14N2O3/c1-16-7-2-3-12(16)14(18)17-8-6-10-4-5-11(15(19)20)9-13(10)17/h2-5,7,9H,6,8H2,1H3,(H,19,20). The predicted molar refractivity (Wildman–Crippen MR) is 74.2 cm³/mol. The van der Waals surface area contributed by atoms with Crippen molar-refractivity contribution in [1.29, 1.82) is 0 Å². The Labute approximate surface area is 116 Å². The van der Waals surface area contributed by atoms with Crippen LogP contribution in [0.4, 0.5) is 5.69 Å². The van der Waals surface area contributed by atoms with Gasteiger partial charge in [0.25, 0.3) is 5.91 Å². The van der Waals surface area contributed by atoms with Gasteiger partial charge in [0.05, 0.1) is 5.56 Å². The second-order valence-electron chi connectivity index (χ2n) is 4.86. The second-order valence-corrected chi connectivity index (χ2v) is 4.86. The molecule has 0 saturated carbocycles. The highest BCUT2D eigenvalue weighted by molar-refractivity contribution is 6.07. The maximum absolute atomic E-state index is 12.5. The number of amides is 1. The van der Waals surface area contributed by atoms with Crippen LogP contribution in [0.25, 0.3) is 0 Å². The fourth-order valence-electron chi connectivity index (χ4n) is 2.54. The Kier molecular flexibility index (Phi) is 2.82. The van der Waals surface area contributed by atoms with Gasteiger partial charge in [-0.3, -0.25) is 4.79 Å². The van der Waals surface area contributed by atoms with Crippen LogP contribution in [-0.2, 0) is 13.5 Å². The van der Waals surface area contributed by atoms with Crippen molar-refractivity contribution in [3.63, 3.8) is 0 Å². The molecule has 1 aromatic heterocycles. The molecule has 3 rings (SSSR count). The van der Waals surface area contributed by atoms with Gasteiger partial charge in [-0.05, 0) is 36.2 Å². The first kappa shape index (κ1) is 12.5. The lowest BCUT2D eigenvalue weighted by Crippen LogP contribution is -2.30. The molecule has 0 saturated heterocycles. The number of benzene rings is 1. The van der Waals surface area contributed by atoms with Gasteiger partial charge in [-0.25, -0.2) is 4.79 Å². The zero-order chi connectivity index (χ0) is 14.3. The van der Waals surface area contributed by atoms with Crippen molar-refractivity contribution in [3.8, 4) is 0 Å². The summed E-state index contributed by atoms with van der Waals surface area (Å²) in [5, 5.41) is 9.06. The molecule has 1 N–H and O–H groups in total. The van der Waals surface area contributed by atoms with Crippen LogP contribution < -0.4 is 4.90 Å². The Hall–Kier alpha value is -2.56. The SMILES string of the molecule is Cn1cccc1C(=O)N1CCc2ccc(C(=O)O)cc21. The van der Waals surface area contributed by atoms with Crippen molar-refractivity contribution >= 4 is 17.6 Å². The van der Waals surface area contributed by atoms with E-state index in [1.54, 1.807) is 33.7 Å². The minimum atomic E-state index is -0.981. The van der Waals surface area contributed by atoms with Crippen molar-refractivity contribution in [2.75, 3.05) is 11.4 Å². The molecule has 0 bridgehead atoms. The van der Waals surface area contributed by atoms with Crippen LogP contribution in [0.1, 0.15) is 26.4 Å². The topological polar surface area (TPSA) is 62.5 Å². The summed E-state index contributed by atoms with van der Waals surface area (Å²) < 4.78 is 1.77. The smallest absolute Gasteiger partial charge is 0.335 e. The minimum Gasteiger partial charge on any atom is -0.478 e. The largest absolute Gasteiger partial charge is 0.478 e. The van der Waals surface area contributed by atoms with Gasteiger partial charge in [-0.2, -0.15) is 0 Å². The zero-order valence-corrected chi connectivity index (χ0v) is 11.0. The summed E-state index contributed by atoms with van der Waals surface area (Å²) in [5.74, 6) is -1.08. The molecule has 0 atom stereocenters. The Morgan fingerprint density at radius 3 is 2.70 bits per heavy atom. The van der Waals surface area contributed by atoms with Crippen LogP contribution in [0.3, 0.4) is 0 Å². The first-order valence-corrected chi connectivity index (χ1v) is 6.37. The summed E-state index contributed by atoms with van der Waals surface area (Å²) in [7, 11) is 1.82. The van der Waals surface area contributed by atoms with Crippen molar-refractivity contribution in [2.24, 2.45) is 7.05 Å². The molecule has 1 aromatic carbocycles. The van der Waals surface area contributed by atoms with Gasteiger partial charge in [0, 0.05) is 25.5 Å². The Morgan fingerprint density at radius 2 is 2.05 bits per heavy atom. The molecule has 1 aliphatic heterocycles. The van der Waals surface area contributed by atoms with Gasteiger partial charge in [0.1, 0.15) is 5.69 Å². The predicted octanol–water partition coefficient (Wildman–Crippen LogP) is 1.93. The Bertz CT molecular complexity index is 703. The molecule has 20 heavy (non-hydrogen) atoms. The lowest BCUT2D eigenvalue weighted by molar-refractivity contribution is 0.0696. The molecular formula is C15H14N2O3. The molecule has 0 spiro atoms. The average molecular weight is 270 g/mol. The Morgan fingerprint density at radius 1 is 1.25 bits per heavy atom. The summed E-state index contributed by atoms with van der Waals surface area (Å²) in [6.45, 7) is 0.586. The van der Waals surface area contributed by atoms with Crippen molar-refractivity contribution in [1.82, 2.24) is 4.57 Å². The lowest BCUT2D eigenvalue weighted by atomic mass is 10.1. The third kappa shape index (κ3) is 1.87. The first-order valence-electron chi connectivity index (χ1n) is 6.37. The van der Waals surface area contributed by atoms with Crippen LogP contribution in [0, 0.1) is 0 Å². The molecule has 0 radical (unpaired) electrons. The molecule has 102 valence electrons. The number of aryl methyl sites for hydroxylation is 1. The van der Waals surface area contributed by atoms with Gasteiger partial charge in [0.15, 0.2) is 0 Å². The highest BCUT2D eigenvalue weighted by Crippen LogP contribution is 2.30. The maximum Gasteiger partial charge on any atom is 0.335 e. The quantitative estimate of drug-likeness (QED) is 0.907. The average Bonchev–Trinajstić information content (AvgIpc) is 3.03. The molecule has 0 unspecified atom stereocenters. The second kappa shape index (κ2) is 4.52. The number of hydrogen-bond acceptors (Lipinski definition) is 2. The highest BCUT2D eigenvalue weighted by atomic mass is 16.4. The molecule has 2 heterocycles. The number of carboxylic acid groups (broad SMARTS) is 1. The van der Waals surface area contributed by atoms with E-state index in [1.807, 2.05) is 19.3 Å². The van der Waals surface area contributed by atoms with E-state index in [1.165, 1.54) is 0 Å². The van der Waals surface area contributed by atoms with Crippen LogP contribution in [-0.4, -0.2) is 28.1 Å². The monoisotopic (exact) mass is 270 g/mol. The summed E-state index contributed by atoms with van der Waals surface area (Å²) in [5.41, 5.74) is 2.52. The zero-order valence-electron chi connectivity index (χ0n) is 11.0. The number of anilines is 1. The van der Waals surface area contributed by atoms with E-state index < -0.39 is 5.97 Å². The number of fused-ring (bicyclic) bond motifs is 1. The van der Waals surface area contributed by atoms with E-state index in [0.29, 0.717) is 17.9 Å². The molecule has 5 heteroatoms. The van der Waals surface area contributed by atoms with E-state index in [4.69, 9.17) is 5.11 Å². The number of hydrogen-bond donors (Lipinski definition) is 1. The van der Waals surface area contributed by atoms with Crippen molar-refractivity contribution in [2.45, 2.75) is 6.42 Å². The summed E-state index contributed by atoms with van der Waals surface area (Å²) in [6, 6.07) is 8.53. The van der Waals surface area contributed by atoms with Gasteiger partial charge < -0.3 is 14.6 Å². The van der Waals surface area contributed by atoms with Crippen LogP contribution in [0.15, 0.2) is 36.5 Å². The molecule has 5 nitrogen and oxygen atoms in total.